The third-order valence-corrected chi connectivity index (χ3v) is 4.26. The number of hydrogen-bond acceptors (Lipinski definition) is 3. The zero-order valence-corrected chi connectivity index (χ0v) is 11.6. The van der Waals surface area contributed by atoms with Crippen LogP contribution in [-0.4, -0.2) is 38.9 Å². The Balaban J connectivity index is 2.26. The number of likely N-dealkylation sites (tertiary alicyclic amines) is 1. The number of carbonyl (C=O) groups excluding carboxylic acids is 1. The van der Waals surface area contributed by atoms with Gasteiger partial charge in [-0.2, -0.15) is 0 Å². The van der Waals surface area contributed by atoms with E-state index in [1.807, 2.05) is 17.8 Å². The molecule has 1 aromatic heterocycles. The third kappa shape index (κ3) is 2.21. The Labute approximate surface area is 109 Å². The van der Waals surface area contributed by atoms with Crippen LogP contribution in [0.15, 0.2) is 12.4 Å². The van der Waals surface area contributed by atoms with Crippen molar-refractivity contribution in [2.45, 2.75) is 45.1 Å². The molecule has 0 aromatic carbocycles. The zero-order valence-electron chi connectivity index (χ0n) is 11.6. The van der Waals surface area contributed by atoms with E-state index in [-0.39, 0.29) is 5.78 Å². The first-order valence-electron chi connectivity index (χ1n) is 6.87. The van der Waals surface area contributed by atoms with E-state index in [1.165, 1.54) is 19.3 Å². The molecule has 0 radical (unpaired) electrons. The highest BCUT2D eigenvalue weighted by atomic mass is 16.1. The molecule has 4 heteroatoms. The molecule has 0 N–H and O–H groups in total. The lowest BCUT2D eigenvalue weighted by Crippen LogP contribution is -2.54. The van der Waals surface area contributed by atoms with Gasteiger partial charge in [-0.3, -0.25) is 9.69 Å². The summed E-state index contributed by atoms with van der Waals surface area (Å²) in [5.74, 6) is 0.726. The van der Waals surface area contributed by atoms with Crippen LogP contribution in [-0.2, 0) is 7.05 Å². The standard InChI is InChI=1S/C14H23N3O/c1-4-14(2,17-9-6-5-7-10-17)12(18)13-15-8-11-16(13)3/h8,11H,4-7,9-10H2,1-3H3. The first-order chi connectivity index (χ1) is 8.59. The van der Waals surface area contributed by atoms with Gasteiger partial charge in [0.1, 0.15) is 0 Å². The summed E-state index contributed by atoms with van der Waals surface area (Å²) < 4.78 is 1.82. The van der Waals surface area contributed by atoms with Gasteiger partial charge in [0.2, 0.25) is 5.78 Å². The second-order valence-corrected chi connectivity index (χ2v) is 5.37. The minimum atomic E-state index is -0.403. The van der Waals surface area contributed by atoms with Gasteiger partial charge in [0, 0.05) is 19.4 Å². The molecule has 1 saturated heterocycles. The van der Waals surface area contributed by atoms with Crippen molar-refractivity contribution in [2.24, 2.45) is 7.05 Å². The lowest BCUT2D eigenvalue weighted by atomic mass is 9.88. The first kappa shape index (κ1) is 13.3. The smallest absolute Gasteiger partial charge is 0.218 e. The number of imidazole rings is 1. The second-order valence-electron chi connectivity index (χ2n) is 5.37. The van der Waals surface area contributed by atoms with E-state index < -0.39 is 5.54 Å². The summed E-state index contributed by atoms with van der Waals surface area (Å²) in [5, 5.41) is 0. The van der Waals surface area contributed by atoms with E-state index in [0.29, 0.717) is 5.82 Å². The molecule has 2 heterocycles. The fourth-order valence-corrected chi connectivity index (χ4v) is 2.74. The number of rotatable bonds is 4. The Bertz CT molecular complexity index is 420. The Hall–Kier alpha value is -1.16. The van der Waals surface area contributed by atoms with Crippen LogP contribution in [0.5, 0.6) is 0 Å². The maximum absolute atomic E-state index is 12.8. The van der Waals surface area contributed by atoms with E-state index in [9.17, 15) is 4.79 Å². The van der Waals surface area contributed by atoms with Gasteiger partial charge in [0.15, 0.2) is 5.82 Å². The molecule has 0 amide bonds. The molecule has 4 nitrogen and oxygen atoms in total. The van der Waals surface area contributed by atoms with E-state index in [4.69, 9.17) is 0 Å². The summed E-state index contributed by atoms with van der Waals surface area (Å²) in [5.41, 5.74) is -0.403. The topological polar surface area (TPSA) is 38.1 Å². The fraction of sp³-hybridized carbons (Fsp3) is 0.714. The average Bonchev–Trinajstić information content (AvgIpc) is 2.84. The third-order valence-electron chi connectivity index (χ3n) is 4.26. The summed E-state index contributed by atoms with van der Waals surface area (Å²) in [4.78, 5) is 19.3. The molecule has 1 aliphatic rings. The number of Topliss-reactive ketones (excluding diaryl/α,β-unsaturated/α-hetero) is 1. The molecule has 1 aliphatic heterocycles. The molecule has 0 spiro atoms. The predicted molar refractivity (Wildman–Crippen MR) is 71.7 cm³/mol. The van der Waals surface area contributed by atoms with Crippen molar-refractivity contribution < 1.29 is 4.79 Å². The molecule has 2 rings (SSSR count). The van der Waals surface area contributed by atoms with Crippen LogP contribution < -0.4 is 0 Å². The normalized spacial score (nSPS) is 20.6. The van der Waals surface area contributed by atoms with Gasteiger partial charge in [0.05, 0.1) is 5.54 Å². The van der Waals surface area contributed by atoms with Crippen LogP contribution in [0.25, 0.3) is 0 Å². The van der Waals surface area contributed by atoms with Crippen LogP contribution in [0, 0.1) is 0 Å². The van der Waals surface area contributed by atoms with Crippen molar-refractivity contribution in [3.05, 3.63) is 18.2 Å². The Morgan fingerprint density at radius 3 is 2.56 bits per heavy atom. The van der Waals surface area contributed by atoms with Crippen molar-refractivity contribution in [1.29, 1.82) is 0 Å². The second kappa shape index (κ2) is 5.22. The molecule has 1 unspecified atom stereocenters. The molecule has 0 bridgehead atoms. The molecule has 100 valence electrons. The van der Waals surface area contributed by atoms with Crippen LogP contribution >= 0.6 is 0 Å². The molecule has 0 aliphatic carbocycles. The maximum Gasteiger partial charge on any atom is 0.218 e. The summed E-state index contributed by atoms with van der Waals surface area (Å²) >= 11 is 0. The summed E-state index contributed by atoms with van der Waals surface area (Å²) in [6.07, 6.45) is 8.04. The quantitative estimate of drug-likeness (QED) is 0.768. The van der Waals surface area contributed by atoms with Gasteiger partial charge in [-0.25, -0.2) is 4.98 Å². The number of hydrogen-bond donors (Lipinski definition) is 0. The van der Waals surface area contributed by atoms with Crippen molar-refractivity contribution in [3.63, 3.8) is 0 Å². The minimum absolute atomic E-state index is 0.152. The van der Waals surface area contributed by atoms with Gasteiger partial charge < -0.3 is 4.57 Å². The van der Waals surface area contributed by atoms with Crippen LogP contribution in [0.2, 0.25) is 0 Å². The van der Waals surface area contributed by atoms with E-state index in [1.54, 1.807) is 6.20 Å². The van der Waals surface area contributed by atoms with Crippen LogP contribution in [0.3, 0.4) is 0 Å². The van der Waals surface area contributed by atoms with Gasteiger partial charge in [-0.1, -0.05) is 13.3 Å². The van der Waals surface area contributed by atoms with Crippen molar-refractivity contribution in [3.8, 4) is 0 Å². The van der Waals surface area contributed by atoms with Gasteiger partial charge >= 0.3 is 0 Å². The molecule has 0 saturated carbocycles. The lowest BCUT2D eigenvalue weighted by molar-refractivity contribution is 0.0492. The highest BCUT2D eigenvalue weighted by Gasteiger charge is 2.40. The molecular weight excluding hydrogens is 226 g/mol. The predicted octanol–water partition coefficient (Wildman–Crippen LogP) is 2.26. The van der Waals surface area contributed by atoms with Gasteiger partial charge in [0.25, 0.3) is 0 Å². The molecular formula is C14H23N3O. The Morgan fingerprint density at radius 2 is 2.06 bits per heavy atom. The maximum atomic E-state index is 12.8. The number of aromatic nitrogens is 2. The van der Waals surface area contributed by atoms with E-state index in [0.717, 1.165) is 19.5 Å². The van der Waals surface area contributed by atoms with Crippen molar-refractivity contribution >= 4 is 5.78 Å². The highest BCUT2D eigenvalue weighted by molar-refractivity contribution is 6.00. The summed E-state index contributed by atoms with van der Waals surface area (Å²) in [6.45, 7) is 6.21. The van der Waals surface area contributed by atoms with Crippen LogP contribution in [0.4, 0.5) is 0 Å². The van der Waals surface area contributed by atoms with Gasteiger partial charge in [-0.05, 0) is 39.3 Å². The molecule has 18 heavy (non-hydrogen) atoms. The van der Waals surface area contributed by atoms with Crippen molar-refractivity contribution in [2.75, 3.05) is 13.1 Å². The summed E-state index contributed by atoms with van der Waals surface area (Å²) in [6, 6.07) is 0. The summed E-state index contributed by atoms with van der Waals surface area (Å²) in [7, 11) is 1.88. The number of nitrogens with zero attached hydrogens (tertiary/aromatic N) is 3. The monoisotopic (exact) mass is 249 g/mol. The Morgan fingerprint density at radius 1 is 1.39 bits per heavy atom. The first-order valence-corrected chi connectivity index (χ1v) is 6.87. The SMILES string of the molecule is CCC(C)(C(=O)c1nccn1C)N1CCCCC1. The Kier molecular flexibility index (Phi) is 3.85. The number of aryl methyl sites for hydroxylation is 1. The highest BCUT2D eigenvalue weighted by Crippen LogP contribution is 2.27. The average molecular weight is 249 g/mol. The van der Waals surface area contributed by atoms with E-state index in [2.05, 4.69) is 23.7 Å². The van der Waals surface area contributed by atoms with Gasteiger partial charge in [-0.15, -0.1) is 0 Å². The zero-order chi connectivity index (χ0) is 13.2. The minimum Gasteiger partial charge on any atom is -0.332 e. The number of carbonyl (C=O) groups is 1. The van der Waals surface area contributed by atoms with Crippen LogP contribution in [0.1, 0.15) is 50.1 Å². The van der Waals surface area contributed by atoms with Crippen molar-refractivity contribution in [1.82, 2.24) is 14.5 Å². The lowest BCUT2D eigenvalue weighted by Gasteiger charge is -2.41. The largest absolute Gasteiger partial charge is 0.332 e. The van der Waals surface area contributed by atoms with E-state index >= 15 is 0 Å². The molecule has 1 fully saturated rings. The molecule has 1 atom stereocenters. The fourth-order valence-electron chi connectivity index (χ4n) is 2.74. The molecule has 1 aromatic rings. The number of piperidine rings is 1. The number of ketones is 1.